The third kappa shape index (κ3) is 4.85. The van der Waals surface area contributed by atoms with Crippen molar-refractivity contribution in [3.8, 4) is 5.75 Å². The second kappa shape index (κ2) is 9.98. The van der Waals surface area contributed by atoms with Crippen molar-refractivity contribution in [2.45, 2.75) is 46.6 Å². The molecular weight excluding hydrogens is 409 g/mol. The number of carbonyl (C=O) groups excluding carboxylic acids is 2. The monoisotopic (exact) mass is 439 g/mol. The average molecular weight is 440 g/mol. The number of rotatable bonds is 8. The van der Waals surface area contributed by atoms with Crippen molar-refractivity contribution < 1.29 is 23.8 Å². The number of amides is 1. The molecule has 3 rings (SSSR count). The molecule has 0 aliphatic carbocycles. The van der Waals surface area contributed by atoms with Crippen LogP contribution < -0.4 is 4.74 Å². The van der Waals surface area contributed by atoms with Gasteiger partial charge >= 0.3 is 0 Å². The molecule has 1 N–H and O–H groups in total. The Morgan fingerprint density at radius 1 is 1.16 bits per heavy atom. The highest BCUT2D eigenvalue weighted by atomic mass is 19.1. The highest BCUT2D eigenvalue weighted by Gasteiger charge is 2.45. The van der Waals surface area contributed by atoms with Crippen LogP contribution in [0.4, 0.5) is 4.39 Å². The number of hydrogen-bond donors (Lipinski definition) is 1. The van der Waals surface area contributed by atoms with Gasteiger partial charge in [0.1, 0.15) is 17.3 Å². The van der Waals surface area contributed by atoms with Gasteiger partial charge < -0.3 is 14.7 Å². The van der Waals surface area contributed by atoms with Crippen molar-refractivity contribution in [3.05, 3.63) is 70.5 Å². The van der Waals surface area contributed by atoms with Gasteiger partial charge in [0.15, 0.2) is 0 Å². The zero-order valence-electron chi connectivity index (χ0n) is 19.0. The lowest BCUT2D eigenvalue weighted by atomic mass is 9.94. The van der Waals surface area contributed by atoms with E-state index in [4.69, 9.17) is 4.74 Å². The first-order valence-electron chi connectivity index (χ1n) is 11.0. The fraction of sp³-hybridized carbons (Fsp3) is 0.385. The summed E-state index contributed by atoms with van der Waals surface area (Å²) in [7, 11) is 0. The fourth-order valence-electron chi connectivity index (χ4n) is 3.80. The lowest BCUT2D eigenvalue weighted by molar-refractivity contribution is -0.139. The zero-order valence-corrected chi connectivity index (χ0v) is 19.0. The van der Waals surface area contributed by atoms with E-state index >= 15 is 0 Å². The molecule has 2 aromatic rings. The molecule has 0 spiro atoms. The molecule has 1 saturated heterocycles. The topological polar surface area (TPSA) is 66.8 Å². The van der Waals surface area contributed by atoms with E-state index in [1.54, 1.807) is 30.3 Å². The minimum Gasteiger partial charge on any atom is -0.507 e. The van der Waals surface area contributed by atoms with Crippen LogP contribution in [0.3, 0.4) is 0 Å². The molecule has 0 saturated carbocycles. The van der Waals surface area contributed by atoms with Gasteiger partial charge in [0.05, 0.1) is 18.2 Å². The largest absolute Gasteiger partial charge is 0.507 e. The summed E-state index contributed by atoms with van der Waals surface area (Å²) < 4.78 is 19.3. The smallest absolute Gasteiger partial charge is 0.295 e. The minimum atomic E-state index is -0.765. The molecule has 1 fully saturated rings. The number of benzene rings is 2. The van der Waals surface area contributed by atoms with E-state index in [-0.39, 0.29) is 11.3 Å². The number of likely N-dealkylation sites (tertiary alicyclic amines) is 1. The van der Waals surface area contributed by atoms with Gasteiger partial charge in [0.25, 0.3) is 11.7 Å². The van der Waals surface area contributed by atoms with Crippen molar-refractivity contribution in [1.29, 1.82) is 0 Å². The van der Waals surface area contributed by atoms with Crippen LogP contribution >= 0.6 is 0 Å². The van der Waals surface area contributed by atoms with E-state index in [2.05, 4.69) is 13.8 Å². The molecule has 1 amide bonds. The van der Waals surface area contributed by atoms with Gasteiger partial charge in [0, 0.05) is 12.1 Å². The predicted octanol–water partition coefficient (Wildman–Crippen LogP) is 5.39. The van der Waals surface area contributed by atoms with Crippen LogP contribution in [0, 0.1) is 18.7 Å². The van der Waals surface area contributed by atoms with Gasteiger partial charge in [-0.3, -0.25) is 9.59 Å². The van der Waals surface area contributed by atoms with Gasteiger partial charge in [-0.05, 0) is 60.7 Å². The molecule has 5 nitrogen and oxygen atoms in total. The lowest BCUT2D eigenvalue weighted by Crippen LogP contribution is -2.30. The van der Waals surface area contributed by atoms with Crippen LogP contribution in [0.1, 0.15) is 56.3 Å². The third-order valence-corrected chi connectivity index (χ3v) is 5.50. The Hall–Kier alpha value is -3.15. The molecule has 32 heavy (non-hydrogen) atoms. The van der Waals surface area contributed by atoms with Gasteiger partial charge in [-0.25, -0.2) is 4.39 Å². The van der Waals surface area contributed by atoms with Crippen molar-refractivity contribution in [2.75, 3.05) is 13.2 Å². The first-order valence-corrected chi connectivity index (χ1v) is 11.0. The Kier molecular flexibility index (Phi) is 7.33. The van der Waals surface area contributed by atoms with E-state index in [1.807, 2.05) is 13.8 Å². The van der Waals surface area contributed by atoms with Crippen molar-refractivity contribution in [1.82, 2.24) is 4.90 Å². The molecular formula is C26H30FNO4. The summed E-state index contributed by atoms with van der Waals surface area (Å²) in [5.74, 6) is -0.957. The van der Waals surface area contributed by atoms with Gasteiger partial charge in [-0.1, -0.05) is 39.3 Å². The Labute approximate surface area is 188 Å². The number of unbranched alkanes of at least 4 members (excludes halogenated alkanes) is 1. The number of nitrogens with zero attached hydrogens (tertiary/aromatic N) is 1. The third-order valence-electron chi connectivity index (χ3n) is 5.50. The SMILES string of the molecule is CCCCN1C(=O)C(=O)/C(=C(\O)c2ccc(OCC(C)C)c(C)c2)C1c1ccc(F)cc1. The summed E-state index contributed by atoms with van der Waals surface area (Å²) in [5.41, 5.74) is 1.85. The van der Waals surface area contributed by atoms with E-state index in [1.165, 1.54) is 17.0 Å². The standard InChI is InChI=1S/C26H30FNO4/c1-5-6-13-28-23(18-7-10-20(27)11-8-18)22(25(30)26(28)31)24(29)19-9-12-21(17(4)14-19)32-15-16(2)3/h7-12,14,16,23,29H,5-6,13,15H2,1-4H3/b24-22-. The maximum Gasteiger partial charge on any atom is 0.295 e. The molecule has 1 atom stereocenters. The van der Waals surface area contributed by atoms with Gasteiger partial charge in [0.2, 0.25) is 0 Å². The molecule has 1 aliphatic heterocycles. The summed E-state index contributed by atoms with van der Waals surface area (Å²) in [4.78, 5) is 27.3. The van der Waals surface area contributed by atoms with Crippen LogP contribution in [0.2, 0.25) is 0 Å². The van der Waals surface area contributed by atoms with Gasteiger partial charge in [-0.15, -0.1) is 0 Å². The first-order chi connectivity index (χ1) is 15.2. The van der Waals surface area contributed by atoms with Crippen LogP contribution in [-0.4, -0.2) is 34.8 Å². The number of hydrogen-bond acceptors (Lipinski definition) is 4. The maximum absolute atomic E-state index is 13.5. The molecule has 0 aromatic heterocycles. The van der Waals surface area contributed by atoms with Crippen molar-refractivity contribution in [2.24, 2.45) is 5.92 Å². The summed E-state index contributed by atoms with van der Waals surface area (Å²) in [6.45, 7) is 8.92. The number of halogens is 1. The zero-order chi connectivity index (χ0) is 23.4. The van der Waals surface area contributed by atoms with E-state index in [9.17, 15) is 19.1 Å². The molecule has 0 bridgehead atoms. The lowest BCUT2D eigenvalue weighted by Gasteiger charge is -2.25. The number of aryl methyl sites for hydroxylation is 1. The fourth-order valence-corrected chi connectivity index (χ4v) is 3.80. The van der Waals surface area contributed by atoms with Crippen LogP contribution in [0.5, 0.6) is 5.75 Å². The second-order valence-electron chi connectivity index (χ2n) is 8.58. The molecule has 6 heteroatoms. The number of aliphatic hydroxyl groups is 1. The van der Waals surface area contributed by atoms with Crippen LogP contribution in [-0.2, 0) is 9.59 Å². The van der Waals surface area contributed by atoms with E-state index in [0.29, 0.717) is 42.4 Å². The van der Waals surface area contributed by atoms with Crippen molar-refractivity contribution in [3.63, 3.8) is 0 Å². The predicted molar refractivity (Wildman–Crippen MR) is 122 cm³/mol. The second-order valence-corrected chi connectivity index (χ2v) is 8.58. The quantitative estimate of drug-likeness (QED) is 0.340. The molecule has 1 unspecified atom stereocenters. The van der Waals surface area contributed by atoms with Crippen molar-refractivity contribution >= 4 is 17.4 Å². The Bertz CT molecular complexity index is 1030. The molecule has 1 aliphatic rings. The Morgan fingerprint density at radius 2 is 1.84 bits per heavy atom. The summed E-state index contributed by atoms with van der Waals surface area (Å²) in [6, 6.07) is 10.1. The number of Topliss-reactive ketones (excluding diaryl/α,β-unsaturated/α-hetero) is 1. The van der Waals surface area contributed by atoms with Crippen LogP contribution in [0.25, 0.3) is 5.76 Å². The highest BCUT2D eigenvalue weighted by Crippen LogP contribution is 2.40. The number of aliphatic hydroxyl groups excluding tert-OH is 1. The molecule has 0 radical (unpaired) electrons. The number of ketones is 1. The summed E-state index contributed by atoms with van der Waals surface area (Å²) in [5, 5.41) is 11.1. The van der Waals surface area contributed by atoms with Crippen LogP contribution in [0.15, 0.2) is 48.0 Å². The summed E-state index contributed by atoms with van der Waals surface area (Å²) in [6.07, 6.45) is 1.56. The van der Waals surface area contributed by atoms with E-state index in [0.717, 1.165) is 12.0 Å². The molecule has 1 heterocycles. The maximum atomic E-state index is 13.5. The highest BCUT2D eigenvalue weighted by molar-refractivity contribution is 6.46. The Balaban J connectivity index is 2.06. The van der Waals surface area contributed by atoms with Gasteiger partial charge in [-0.2, -0.15) is 0 Å². The average Bonchev–Trinajstić information content (AvgIpc) is 3.01. The Morgan fingerprint density at radius 3 is 2.44 bits per heavy atom. The van der Waals surface area contributed by atoms with E-state index < -0.39 is 23.5 Å². The first kappa shape index (κ1) is 23.5. The molecule has 2 aromatic carbocycles. The molecule has 170 valence electrons. The number of ether oxygens (including phenoxy) is 1. The minimum absolute atomic E-state index is 0.0213. The summed E-state index contributed by atoms with van der Waals surface area (Å²) >= 11 is 0. The normalized spacial score (nSPS) is 17.9. The number of carbonyl (C=O) groups is 2.